The summed E-state index contributed by atoms with van der Waals surface area (Å²) in [6.07, 6.45) is 0.701. The Hall–Kier alpha value is -2.21. The second-order valence-corrected chi connectivity index (χ2v) is 8.03. The fourth-order valence-electron chi connectivity index (χ4n) is 4.90. The van der Waals surface area contributed by atoms with Gasteiger partial charge in [0.05, 0.1) is 11.8 Å². The van der Waals surface area contributed by atoms with Crippen LogP contribution in [0.3, 0.4) is 0 Å². The molecular formula is C20H25N3O3. The van der Waals surface area contributed by atoms with E-state index in [1.54, 1.807) is 0 Å². The summed E-state index contributed by atoms with van der Waals surface area (Å²) in [7, 11) is 0. The Morgan fingerprint density at radius 2 is 1.81 bits per heavy atom. The highest BCUT2D eigenvalue weighted by atomic mass is 16.2. The van der Waals surface area contributed by atoms with E-state index in [1.165, 1.54) is 4.90 Å². The lowest BCUT2D eigenvalue weighted by Crippen LogP contribution is -2.54. The Balaban J connectivity index is 1.90. The maximum Gasteiger partial charge on any atom is 0.250 e. The number of para-hydroxylation sites is 1. The van der Waals surface area contributed by atoms with E-state index in [2.05, 4.69) is 10.6 Å². The molecule has 0 aliphatic carbocycles. The first kappa shape index (κ1) is 17.2. The van der Waals surface area contributed by atoms with Crippen LogP contribution in [-0.4, -0.2) is 34.7 Å². The number of hydrogen-bond donors (Lipinski definition) is 2. The van der Waals surface area contributed by atoms with Crippen molar-refractivity contribution in [3.8, 4) is 0 Å². The average molecular weight is 355 g/mol. The number of amides is 3. The lowest BCUT2D eigenvalue weighted by Gasteiger charge is -2.31. The highest BCUT2D eigenvalue weighted by molar-refractivity contribution is 6.15. The molecule has 138 valence electrons. The molecule has 6 nitrogen and oxygen atoms in total. The molecule has 0 aromatic heterocycles. The number of imide groups is 1. The van der Waals surface area contributed by atoms with Crippen LogP contribution in [0.25, 0.3) is 0 Å². The summed E-state index contributed by atoms with van der Waals surface area (Å²) in [4.78, 5) is 41.1. The van der Waals surface area contributed by atoms with Gasteiger partial charge in [0.1, 0.15) is 5.54 Å². The fourth-order valence-corrected chi connectivity index (χ4v) is 4.90. The van der Waals surface area contributed by atoms with E-state index >= 15 is 0 Å². The molecule has 5 atom stereocenters. The molecule has 1 aromatic rings. The fraction of sp³-hybridized carbons (Fsp3) is 0.550. The Labute approximate surface area is 153 Å². The van der Waals surface area contributed by atoms with Gasteiger partial charge in [-0.3, -0.25) is 24.6 Å². The second kappa shape index (κ2) is 5.64. The number of hydrogen-bond acceptors (Lipinski definition) is 4. The summed E-state index contributed by atoms with van der Waals surface area (Å²) in [5, 5.41) is 6.34. The molecule has 3 heterocycles. The maximum atomic E-state index is 13.4. The van der Waals surface area contributed by atoms with Gasteiger partial charge in [-0.05, 0) is 25.3 Å². The summed E-state index contributed by atoms with van der Waals surface area (Å²) < 4.78 is 0. The van der Waals surface area contributed by atoms with Crippen LogP contribution >= 0.6 is 0 Å². The van der Waals surface area contributed by atoms with Gasteiger partial charge in [0, 0.05) is 23.3 Å². The first-order valence-electron chi connectivity index (χ1n) is 9.40. The Kier molecular flexibility index (Phi) is 3.74. The van der Waals surface area contributed by atoms with Gasteiger partial charge in [-0.25, -0.2) is 0 Å². The monoisotopic (exact) mass is 355 g/mol. The third-order valence-electron chi connectivity index (χ3n) is 6.34. The van der Waals surface area contributed by atoms with Crippen LogP contribution in [0.2, 0.25) is 0 Å². The normalized spacial score (nSPS) is 33.8. The van der Waals surface area contributed by atoms with Crippen LogP contribution in [0.5, 0.6) is 0 Å². The van der Waals surface area contributed by atoms with Gasteiger partial charge in [0.15, 0.2) is 0 Å². The minimum Gasteiger partial charge on any atom is -0.324 e. The second-order valence-electron chi connectivity index (χ2n) is 8.03. The summed E-state index contributed by atoms with van der Waals surface area (Å²) in [6.45, 7) is 7.90. The lowest BCUT2D eigenvalue weighted by molar-refractivity contribution is -0.145. The van der Waals surface area contributed by atoms with Gasteiger partial charge in [0.25, 0.3) is 0 Å². The van der Waals surface area contributed by atoms with Gasteiger partial charge in [-0.2, -0.15) is 0 Å². The van der Waals surface area contributed by atoms with Gasteiger partial charge < -0.3 is 5.32 Å². The standard InChI is InChI=1S/C20H25N3O3/c1-5-11(4)23-17(24)14-15(18(23)25)20(22-16(14)10(2)3)12-8-6-7-9-13(12)21-19(20)26/h6-11,14-16,22H,5H2,1-4H3,(H,21,26)/t11-,14+,15+,16-,20+/m1/s1. The molecule has 26 heavy (non-hydrogen) atoms. The largest absolute Gasteiger partial charge is 0.324 e. The molecule has 2 saturated heterocycles. The summed E-state index contributed by atoms with van der Waals surface area (Å²) >= 11 is 0. The van der Waals surface area contributed by atoms with Crippen LogP contribution in [0, 0.1) is 17.8 Å². The van der Waals surface area contributed by atoms with E-state index in [0.29, 0.717) is 6.42 Å². The predicted octanol–water partition coefficient (Wildman–Crippen LogP) is 1.86. The van der Waals surface area contributed by atoms with Crippen LogP contribution in [-0.2, 0) is 19.9 Å². The van der Waals surface area contributed by atoms with Crippen molar-refractivity contribution in [3.05, 3.63) is 29.8 Å². The molecule has 0 unspecified atom stereocenters. The highest BCUT2D eigenvalue weighted by Crippen LogP contribution is 2.54. The number of likely N-dealkylation sites (tertiary alicyclic amines) is 1. The number of benzene rings is 1. The zero-order chi connectivity index (χ0) is 18.8. The van der Waals surface area contributed by atoms with Crippen molar-refractivity contribution in [3.63, 3.8) is 0 Å². The third-order valence-corrected chi connectivity index (χ3v) is 6.34. The zero-order valence-electron chi connectivity index (χ0n) is 15.6. The van der Waals surface area contributed by atoms with Crippen LogP contribution in [0.15, 0.2) is 24.3 Å². The summed E-state index contributed by atoms with van der Waals surface area (Å²) in [5.74, 6) is -1.68. The Morgan fingerprint density at radius 1 is 1.12 bits per heavy atom. The average Bonchev–Trinajstić information content (AvgIpc) is 3.20. The molecule has 3 amide bonds. The highest BCUT2D eigenvalue weighted by Gasteiger charge is 2.70. The summed E-state index contributed by atoms with van der Waals surface area (Å²) in [6, 6.07) is 7.07. The van der Waals surface area contributed by atoms with Gasteiger partial charge in [-0.1, -0.05) is 39.0 Å². The summed E-state index contributed by atoms with van der Waals surface area (Å²) in [5.41, 5.74) is 0.330. The zero-order valence-corrected chi connectivity index (χ0v) is 15.6. The topological polar surface area (TPSA) is 78.5 Å². The van der Waals surface area contributed by atoms with Crippen molar-refractivity contribution >= 4 is 23.4 Å². The van der Waals surface area contributed by atoms with Crippen molar-refractivity contribution in [2.45, 2.75) is 51.7 Å². The van der Waals surface area contributed by atoms with Crippen LogP contribution < -0.4 is 10.6 Å². The predicted molar refractivity (Wildman–Crippen MR) is 97.1 cm³/mol. The van der Waals surface area contributed by atoms with Crippen LogP contribution in [0.1, 0.15) is 39.7 Å². The van der Waals surface area contributed by atoms with Crippen molar-refractivity contribution in [2.24, 2.45) is 17.8 Å². The number of nitrogens with one attached hydrogen (secondary N) is 2. The molecule has 0 saturated carbocycles. The van der Waals surface area contributed by atoms with Gasteiger partial charge in [-0.15, -0.1) is 0 Å². The molecule has 6 heteroatoms. The number of carbonyl (C=O) groups excluding carboxylic acids is 3. The molecule has 2 N–H and O–H groups in total. The molecule has 1 aromatic carbocycles. The van der Waals surface area contributed by atoms with E-state index in [0.717, 1.165) is 11.3 Å². The molecule has 1 spiro atoms. The third kappa shape index (κ3) is 1.93. The smallest absolute Gasteiger partial charge is 0.250 e. The first-order valence-corrected chi connectivity index (χ1v) is 9.40. The molecule has 3 aliphatic rings. The van der Waals surface area contributed by atoms with E-state index in [1.807, 2.05) is 52.0 Å². The first-order chi connectivity index (χ1) is 12.3. The molecule has 2 fully saturated rings. The van der Waals surface area contributed by atoms with Crippen molar-refractivity contribution < 1.29 is 14.4 Å². The van der Waals surface area contributed by atoms with Crippen molar-refractivity contribution in [1.29, 1.82) is 0 Å². The maximum absolute atomic E-state index is 13.4. The van der Waals surface area contributed by atoms with Crippen molar-refractivity contribution in [1.82, 2.24) is 10.2 Å². The Bertz CT molecular complexity index is 805. The van der Waals surface area contributed by atoms with E-state index in [-0.39, 0.29) is 35.7 Å². The molecule has 3 aliphatic heterocycles. The molecule has 0 radical (unpaired) electrons. The number of anilines is 1. The minimum absolute atomic E-state index is 0.121. The molecular weight excluding hydrogens is 330 g/mol. The lowest BCUT2D eigenvalue weighted by atomic mass is 9.76. The quantitative estimate of drug-likeness (QED) is 0.812. The Morgan fingerprint density at radius 3 is 2.46 bits per heavy atom. The SMILES string of the molecule is CC[C@@H](C)N1C(=O)[C@@H]2[C@@H](C(C)C)N[C@]3(C(=O)Nc4ccccc43)[C@@H]2C1=O. The molecule has 0 bridgehead atoms. The van der Waals surface area contributed by atoms with E-state index < -0.39 is 17.4 Å². The number of nitrogens with zero attached hydrogens (tertiary/aromatic N) is 1. The van der Waals surface area contributed by atoms with E-state index in [9.17, 15) is 14.4 Å². The van der Waals surface area contributed by atoms with Gasteiger partial charge in [0.2, 0.25) is 17.7 Å². The minimum atomic E-state index is -1.16. The van der Waals surface area contributed by atoms with Crippen LogP contribution in [0.4, 0.5) is 5.69 Å². The molecule has 4 rings (SSSR count). The number of rotatable bonds is 3. The van der Waals surface area contributed by atoms with Crippen molar-refractivity contribution in [2.75, 3.05) is 5.32 Å². The van der Waals surface area contributed by atoms with Gasteiger partial charge >= 0.3 is 0 Å². The van der Waals surface area contributed by atoms with E-state index in [4.69, 9.17) is 0 Å². The number of fused-ring (bicyclic) bond motifs is 4. The number of carbonyl (C=O) groups is 3.